The molecule has 1 aliphatic heterocycles. The summed E-state index contributed by atoms with van der Waals surface area (Å²) in [5, 5.41) is 7.68. The van der Waals surface area contributed by atoms with Crippen LogP contribution in [0.25, 0.3) is 0 Å². The van der Waals surface area contributed by atoms with Gasteiger partial charge in [-0.25, -0.2) is 12.7 Å². The van der Waals surface area contributed by atoms with Gasteiger partial charge < -0.3 is 10.6 Å². The highest BCUT2D eigenvalue weighted by molar-refractivity contribution is 14.0. The molecule has 0 bridgehead atoms. The molecule has 1 aromatic rings. The lowest BCUT2D eigenvalue weighted by atomic mass is 9.96. The van der Waals surface area contributed by atoms with Gasteiger partial charge in [0.1, 0.15) is 0 Å². The molecule has 0 spiro atoms. The van der Waals surface area contributed by atoms with Crippen molar-refractivity contribution in [3.8, 4) is 0 Å². The van der Waals surface area contributed by atoms with E-state index in [1.165, 1.54) is 5.56 Å². The summed E-state index contributed by atoms with van der Waals surface area (Å²) in [6.45, 7) is 3.64. The largest absolute Gasteiger partial charge is 0.356 e. The smallest absolute Gasteiger partial charge is 0.213 e. The Morgan fingerprint density at radius 2 is 2.00 bits per heavy atom. The van der Waals surface area contributed by atoms with Crippen molar-refractivity contribution in [1.29, 1.82) is 0 Å². The van der Waals surface area contributed by atoms with Crippen LogP contribution >= 0.6 is 35.6 Å². The summed E-state index contributed by atoms with van der Waals surface area (Å²) in [5.74, 6) is 0.944. The maximum atomic E-state index is 12.0. The van der Waals surface area contributed by atoms with Crippen molar-refractivity contribution in [2.45, 2.75) is 44.1 Å². The number of rotatable bonds is 6. The molecule has 1 aromatic carbocycles. The second-order valence-corrected chi connectivity index (χ2v) is 10.1. The van der Waals surface area contributed by atoms with Gasteiger partial charge in [-0.15, -0.1) is 24.0 Å². The first-order chi connectivity index (χ1) is 12.9. The van der Waals surface area contributed by atoms with E-state index >= 15 is 0 Å². The number of hydrogen-bond acceptors (Lipinski definition) is 3. The first-order valence-electron chi connectivity index (χ1n) is 9.59. The van der Waals surface area contributed by atoms with Crippen LogP contribution in [0.4, 0.5) is 0 Å². The van der Waals surface area contributed by atoms with E-state index < -0.39 is 10.0 Å². The quantitative estimate of drug-likeness (QED) is 0.331. The Labute approximate surface area is 190 Å². The van der Waals surface area contributed by atoms with Crippen LogP contribution in [0.3, 0.4) is 0 Å². The fourth-order valence-electron chi connectivity index (χ4n) is 3.64. The van der Waals surface area contributed by atoms with Gasteiger partial charge in [0.25, 0.3) is 0 Å². The molecule has 158 valence electrons. The average molecular weight is 541 g/mol. The summed E-state index contributed by atoms with van der Waals surface area (Å²) in [4.78, 5) is 4.34. The van der Waals surface area contributed by atoms with Crippen LogP contribution in [0.15, 0.2) is 29.3 Å². The van der Waals surface area contributed by atoms with Gasteiger partial charge in [-0.05, 0) is 50.3 Å². The van der Waals surface area contributed by atoms with E-state index in [9.17, 15) is 8.42 Å². The topological polar surface area (TPSA) is 73.8 Å². The van der Waals surface area contributed by atoms with Crippen molar-refractivity contribution in [1.82, 2.24) is 14.9 Å². The Morgan fingerprint density at radius 3 is 2.54 bits per heavy atom. The molecule has 2 N–H and O–H groups in total. The van der Waals surface area contributed by atoms with Gasteiger partial charge in [-0.2, -0.15) is 0 Å². The van der Waals surface area contributed by atoms with Crippen LogP contribution in [0.2, 0.25) is 5.02 Å². The van der Waals surface area contributed by atoms with Gasteiger partial charge in [0.05, 0.1) is 5.75 Å². The lowest BCUT2D eigenvalue weighted by Gasteiger charge is -2.32. The summed E-state index contributed by atoms with van der Waals surface area (Å²) < 4.78 is 25.6. The molecule has 2 aliphatic rings. The number of nitrogens with one attached hydrogen (secondary N) is 2. The number of sulfonamides is 1. The summed E-state index contributed by atoms with van der Waals surface area (Å²) in [5.41, 5.74) is 1.41. The molecule has 1 aliphatic carbocycles. The number of piperidine rings is 1. The highest BCUT2D eigenvalue weighted by Crippen LogP contribution is 2.48. The minimum atomic E-state index is -3.09. The zero-order valence-corrected chi connectivity index (χ0v) is 20.4. The van der Waals surface area contributed by atoms with Crippen LogP contribution in [-0.2, 0) is 15.4 Å². The van der Waals surface area contributed by atoms with Crippen LogP contribution in [0.5, 0.6) is 0 Å². The first-order valence-corrected chi connectivity index (χ1v) is 11.6. The molecular weight excluding hydrogens is 511 g/mol. The number of benzene rings is 1. The number of aliphatic imine (C=N–C) groups is 1. The minimum Gasteiger partial charge on any atom is -0.356 e. The predicted molar refractivity (Wildman–Crippen MR) is 126 cm³/mol. The molecular formula is C19H30ClIN4O2S. The van der Waals surface area contributed by atoms with Gasteiger partial charge in [0.15, 0.2) is 5.96 Å². The third kappa shape index (κ3) is 5.73. The number of hydrogen-bond donors (Lipinski definition) is 2. The van der Waals surface area contributed by atoms with Crippen molar-refractivity contribution in [2.24, 2.45) is 4.99 Å². The van der Waals surface area contributed by atoms with Gasteiger partial charge >= 0.3 is 0 Å². The Hall–Kier alpha value is -0.580. The molecule has 0 radical (unpaired) electrons. The molecule has 9 heteroatoms. The molecule has 1 saturated heterocycles. The van der Waals surface area contributed by atoms with Crippen LogP contribution in [-0.4, -0.2) is 57.2 Å². The van der Waals surface area contributed by atoms with Gasteiger partial charge in [-0.1, -0.05) is 23.7 Å². The molecule has 6 nitrogen and oxygen atoms in total. The Morgan fingerprint density at radius 1 is 1.32 bits per heavy atom. The summed E-state index contributed by atoms with van der Waals surface area (Å²) in [6.07, 6.45) is 3.87. The number of guanidine groups is 1. The second kappa shape index (κ2) is 9.95. The van der Waals surface area contributed by atoms with Gasteiger partial charge in [0.2, 0.25) is 10.0 Å². The molecule has 0 unspecified atom stereocenters. The standard InChI is InChI=1S/C19H29ClN4O2S.HI/c1-3-27(25,26)24-11-7-17(8-12-24)23-18(21-2)22-14-19(9-10-19)15-5-4-6-16(20)13-15;/h4-6,13,17H,3,7-12,14H2,1-2H3,(H2,21,22,23);1H. The van der Waals surface area contributed by atoms with Crippen molar-refractivity contribution in [3.63, 3.8) is 0 Å². The van der Waals surface area contributed by atoms with E-state index in [2.05, 4.69) is 27.8 Å². The lowest BCUT2D eigenvalue weighted by molar-refractivity contribution is 0.306. The van der Waals surface area contributed by atoms with E-state index in [0.29, 0.717) is 13.1 Å². The Bertz CT molecular complexity index is 791. The Balaban J connectivity index is 0.00000280. The highest BCUT2D eigenvalue weighted by atomic mass is 127. The number of halogens is 2. The van der Waals surface area contributed by atoms with Crippen LogP contribution in [0, 0.1) is 0 Å². The summed E-state index contributed by atoms with van der Waals surface area (Å²) >= 11 is 6.15. The normalized spacial score (nSPS) is 20.3. The first kappa shape index (κ1) is 23.7. The molecule has 0 aromatic heterocycles. The maximum Gasteiger partial charge on any atom is 0.213 e. The van der Waals surface area contributed by atoms with E-state index in [4.69, 9.17) is 11.6 Å². The fraction of sp³-hybridized carbons (Fsp3) is 0.632. The van der Waals surface area contributed by atoms with E-state index in [1.54, 1.807) is 18.3 Å². The molecule has 1 heterocycles. The third-order valence-electron chi connectivity index (χ3n) is 5.66. The SMILES string of the molecule is CCS(=O)(=O)N1CCC(NC(=NC)NCC2(c3cccc(Cl)c3)CC2)CC1.I. The molecule has 0 atom stereocenters. The van der Waals surface area contributed by atoms with Crippen molar-refractivity contribution in [3.05, 3.63) is 34.9 Å². The van der Waals surface area contributed by atoms with E-state index in [0.717, 1.165) is 43.2 Å². The average Bonchev–Trinajstić information content (AvgIpc) is 3.47. The fourth-order valence-corrected chi connectivity index (χ4v) is 4.96. The minimum absolute atomic E-state index is 0. The van der Waals surface area contributed by atoms with Gasteiger partial charge in [-0.3, -0.25) is 4.99 Å². The molecule has 28 heavy (non-hydrogen) atoms. The van der Waals surface area contributed by atoms with Crippen molar-refractivity contribution >= 4 is 51.6 Å². The lowest BCUT2D eigenvalue weighted by Crippen LogP contribution is -2.50. The molecule has 2 fully saturated rings. The van der Waals surface area contributed by atoms with Crippen molar-refractivity contribution in [2.75, 3.05) is 32.4 Å². The van der Waals surface area contributed by atoms with E-state index in [1.807, 2.05) is 12.1 Å². The monoisotopic (exact) mass is 540 g/mol. The zero-order chi connectivity index (χ0) is 19.5. The maximum absolute atomic E-state index is 12.0. The molecule has 3 rings (SSSR count). The third-order valence-corrected chi connectivity index (χ3v) is 7.78. The summed E-state index contributed by atoms with van der Waals surface area (Å²) in [6, 6.07) is 8.33. The van der Waals surface area contributed by atoms with Gasteiger partial charge in [0, 0.05) is 43.2 Å². The zero-order valence-electron chi connectivity index (χ0n) is 16.4. The van der Waals surface area contributed by atoms with Crippen LogP contribution in [0.1, 0.15) is 38.2 Å². The molecule has 0 amide bonds. The van der Waals surface area contributed by atoms with E-state index in [-0.39, 0.29) is 41.2 Å². The molecule has 1 saturated carbocycles. The highest BCUT2D eigenvalue weighted by Gasteiger charge is 2.44. The number of nitrogens with zero attached hydrogens (tertiary/aromatic N) is 2. The predicted octanol–water partition coefficient (Wildman–Crippen LogP) is 2.97. The second-order valence-electron chi connectivity index (χ2n) is 7.43. The van der Waals surface area contributed by atoms with Crippen LogP contribution < -0.4 is 10.6 Å². The Kier molecular flexibility index (Phi) is 8.42. The van der Waals surface area contributed by atoms with Crippen molar-refractivity contribution < 1.29 is 8.42 Å². The summed E-state index contributed by atoms with van der Waals surface area (Å²) in [7, 11) is -1.32.